The quantitative estimate of drug-likeness (QED) is 0.328. The van der Waals surface area contributed by atoms with Gasteiger partial charge in [-0.05, 0) is 12.2 Å². The van der Waals surface area contributed by atoms with Gasteiger partial charge in [0.1, 0.15) is 0 Å². The smallest absolute Gasteiger partial charge is 0.0525 e. The Kier molecular flexibility index (Phi) is 0.569. The van der Waals surface area contributed by atoms with Crippen LogP contribution in [0.25, 0.3) is 0 Å². The molecule has 0 aromatic rings. The molecular formula is C4H4S. The van der Waals surface area contributed by atoms with Crippen LogP contribution in [0.2, 0.25) is 0 Å². The topological polar surface area (TPSA) is 0 Å². The number of thiol groups is 1. The van der Waals surface area contributed by atoms with E-state index in [2.05, 4.69) is 18.4 Å². The molecule has 0 radical (unpaired) electrons. The van der Waals surface area contributed by atoms with Crippen molar-refractivity contribution < 1.29 is 0 Å². The third-order valence-electron chi connectivity index (χ3n) is 0.534. The minimum Gasteiger partial charge on any atom is -0.166 e. The summed E-state index contributed by atoms with van der Waals surface area (Å²) in [4.78, 5) is 0. The van der Waals surface area contributed by atoms with Gasteiger partial charge >= 0.3 is 0 Å². The zero-order valence-corrected chi connectivity index (χ0v) is 3.57. The van der Waals surface area contributed by atoms with Crippen molar-refractivity contribution in [3.05, 3.63) is 17.9 Å². The van der Waals surface area contributed by atoms with E-state index >= 15 is 0 Å². The Morgan fingerprint density at radius 3 is 2.00 bits per heavy atom. The normalized spacial score (nSPS) is 19.4. The summed E-state index contributed by atoms with van der Waals surface area (Å²) in [5, 5.41) is 0.398. The van der Waals surface area contributed by atoms with Gasteiger partial charge in [0.2, 0.25) is 0 Å². The third kappa shape index (κ3) is 0.393. The summed E-state index contributed by atoms with van der Waals surface area (Å²) in [7, 11) is 0. The molecule has 0 bridgehead atoms. The van der Waals surface area contributed by atoms with Crippen LogP contribution in [-0.4, -0.2) is 5.25 Å². The number of hydrogen-bond acceptors (Lipinski definition) is 1. The molecule has 0 nitrogen and oxygen atoms in total. The van der Waals surface area contributed by atoms with Gasteiger partial charge in [0.15, 0.2) is 0 Å². The third-order valence-corrected chi connectivity index (χ3v) is 0.832. The summed E-state index contributed by atoms with van der Waals surface area (Å²) in [6.07, 6.45) is 3.81. The second-order valence-corrected chi connectivity index (χ2v) is 1.59. The maximum Gasteiger partial charge on any atom is 0.0525 e. The molecule has 1 aliphatic carbocycles. The summed E-state index contributed by atoms with van der Waals surface area (Å²) in [5.74, 6) is 0. The molecule has 26 valence electrons. The van der Waals surface area contributed by atoms with E-state index in [0.29, 0.717) is 5.25 Å². The number of rotatable bonds is 0. The van der Waals surface area contributed by atoms with Gasteiger partial charge in [-0.15, -0.1) is 5.73 Å². The van der Waals surface area contributed by atoms with Gasteiger partial charge < -0.3 is 0 Å². The average Bonchev–Trinajstić information content (AvgIpc) is 1.30. The highest BCUT2D eigenvalue weighted by Gasteiger charge is 1.92. The van der Waals surface area contributed by atoms with E-state index in [-0.39, 0.29) is 0 Å². The summed E-state index contributed by atoms with van der Waals surface area (Å²) >= 11 is 4.01. The Morgan fingerprint density at radius 1 is 1.60 bits per heavy atom. The Morgan fingerprint density at radius 2 is 2.00 bits per heavy atom. The first kappa shape index (κ1) is 3.08. The molecule has 0 amide bonds. The van der Waals surface area contributed by atoms with Crippen molar-refractivity contribution >= 4 is 12.6 Å². The minimum atomic E-state index is 0.398. The van der Waals surface area contributed by atoms with Crippen molar-refractivity contribution in [1.82, 2.24) is 0 Å². The van der Waals surface area contributed by atoms with Crippen LogP contribution in [0.3, 0.4) is 0 Å². The molecule has 1 aliphatic rings. The first-order chi connectivity index (χ1) is 2.39. The maximum absolute atomic E-state index is 4.01. The molecule has 0 saturated carbocycles. The molecule has 1 heteroatoms. The molecule has 0 spiro atoms. The van der Waals surface area contributed by atoms with Crippen LogP contribution in [0, 0.1) is 0 Å². The average molecular weight is 84.1 g/mol. The van der Waals surface area contributed by atoms with Gasteiger partial charge in [0.25, 0.3) is 0 Å². The molecule has 0 aliphatic heterocycles. The van der Waals surface area contributed by atoms with Crippen LogP contribution in [0.15, 0.2) is 17.9 Å². The lowest BCUT2D eigenvalue weighted by molar-refractivity contribution is 1.37. The van der Waals surface area contributed by atoms with Crippen LogP contribution in [-0.2, 0) is 0 Å². The summed E-state index contributed by atoms with van der Waals surface area (Å²) < 4.78 is 0. The molecule has 5 heavy (non-hydrogen) atoms. The lowest BCUT2D eigenvalue weighted by atomic mass is 10.3. The Balaban J connectivity index is 2.60. The summed E-state index contributed by atoms with van der Waals surface area (Å²) in [6.45, 7) is 0. The monoisotopic (exact) mass is 84.0 g/mol. The summed E-state index contributed by atoms with van der Waals surface area (Å²) in [6, 6.07) is 0. The highest BCUT2D eigenvalue weighted by molar-refractivity contribution is 7.81. The highest BCUT2D eigenvalue weighted by Crippen LogP contribution is 2.02. The summed E-state index contributed by atoms with van der Waals surface area (Å²) in [5.41, 5.74) is 2.83. The molecule has 1 rings (SSSR count). The molecule has 0 aromatic heterocycles. The van der Waals surface area contributed by atoms with E-state index in [1.165, 1.54) is 0 Å². The standard InChI is InChI=1S/C4H4S/c5-4-2-1-3-4/h2-5H. The number of hydrogen-bond donors (Lipinski definition) is 1. The van der Waals surface area contributed by atoms with Crippen LogP contribution >= 0.6 is 12.6 Å². The maximum atomic E-state index is 4.01. The van der Waals surface area contributed by atoms with E-state index in [9.17, 15) is 0 Å². The van der Waals surface area contributed by atoms with E-state index in [1.807, 2.05) is 12.2 Å². The van der Waals surface area contributed by atoms with Gasteiger partial charge in [0, 0.05) is 0 Å². The van der Waals surface area contributed by atoms with Gasteiger partial charge in [-0.3, -0.25) is 0 Å². The van der Waals surface area contributed by atoms with E-state index < -0.39 is 0 Å². The second kappa shape index (κ2) is 0.925. The lowest BCUT2D eigenvalue weighted by Gasteiger charge is -1.95. The highest BCUT2D eigenvalue weighted by atomic mass is 32.1. The molecule has 0 N–H and O–H groups in total. The predicted molar refractivity (Wildman–Crippen MR) is 25.4 cm³/mol. The first-order valence-electron chi connectivity index (χ1n) is 1.50. The van der Waals surface area contributed by atoms with Crippen molar-refractivity contribution in [1.29, 1.82) is 0 Å². The zero-order chi connectivity index (χ0) is 3.70. The van der Waals surface area contributed by atoms with E-state index in [1.54, 1.807) is 0 Å². The molecule has 0 aromatic carbocycles. The molecule has 0 atom stereocenters. The predicted octanol–water partition coefficient (Wildman–Crippen LogP) is 1.01. The van der Waals surface area contributed by atoms with E-state index in [0.717, 1.165) is 0 Å². The van der Waals surface area contributed by atoms with Gasteiger partial charge in [-0.1, -0.05) is 0 Å². The minimum absolute atomic E-state index is 0.398. The van der Waals surface area contributed by atoms with Crippen molar-refractivity contribution in [2.45, 2.75) is 5.25 Å². The SMILES string of the molecule is SC1C=C=C1. The van der Waals surface area contributed by atoms with Crippen LogP contribution < -0.4 is 0 Å². The van der Waals surface area contributed by atoms with Crippen LogP contribution in [0.5, 0.6) is 0 Å². The Bertz CT molecular complexity index is 79.8. The fraction of sp³-hybridized carbons (Fsp3) is 0.250. The van der Waals surface area contributed by atoms with Crippen molar-refractivity contribution in [2.24, 2.45) is 0 Å². The van der Waals surface area contributed by atoms with Gasteiger partial charge in [-0.2, -0.15) is 12.6 Å². The Labute approximate surface area is 36.6 Å². The van der Waals surface area contributed by atoms with Crippen molar-refractivity contribution in [3.8, 4) is 0 Å². The largest absolute Gasteiger partial charge is 0.166 e. The van der Waals surface area contributed by atoms with Crippen LogP contribution in [0.1, 0.15) is 0 Å². The lowest BCUT2D eigenvalue weighted by Crippen LogP contribution is -1.89. The molecule has 0 unspecified atom stereocenters. The van der Waals surface area contributed by atoms with Crippen LogP contribution in [0.4, 0.5) is 0 Å². The van der Waals surface area contributed by atoms with Gasteiger partial charge in [-0.25, -0.2) is 0 Å². The van der Waals surface area contributed by atoms with Crippen molar-refractivity contribution in [3.63, 3.8) is 0 Å². The van der Waals surface area contributed by atoms with Crippen molar-refractivity contribution in [2.75, 3.05) is 0 Å². The fourth-order valence-electron chi connectivity index (χ4n) is 0.182. The molecule has 0 fully saturated rings. The fourth-order valence-corrected chi connectivity index (χ4v) is 0.354. The first-order valence-corrected chi connectivity index (χ1v) is 2.02. The molecule has 0 saturated heterocycles. The van der Waals surface area contributed by atoms with E-state index in [4.69, 9.17) is 0 Å². The zero-order valence-electron chi connectivity index (χ0n) is 2.68. The molecule has 0 heterocycles. The van der Waals surface area contributed by atoms with Gasteiger partial charge in [0.05, 0.1) is 5.25 Å². The molecular weight excluding hydrogens is 80.1 g/mol. The Hall–Kier alpha value is -0.130. The second-order valence-electron chi connectivity index (χ2n) is 0.991.